The Kier molecular flexibility index (Phi) is 8.13. The highest BCUT2D eigenvalue weighted by Crippen LogP contribution is 2.34. The van der Waals surface area contributed by atoms with Crippen molar-refractivity contribution in [2.45, 2.75) is 50.6 Å². The van der Waals surface area contributed by atoms with Crippen LogP contribution in [0.3, 0.4) is 0 Å². The van der Waals surface area contributed by atoms with Crippen LogP contribution in [0.25, 0.3) is 0 Å². The van der Waals surface area contributed by atoms with Gasteiger partial charge in [-0.1, -0.05) is 11.8 Å². The molecule has 0 saturated carbocycles. The Labute approximate surface area is 149 Å². The minimum absolute atomic E-state index is 0.0114. The predicted molar refractivity (Wildman–Crippen MR) is 86.7 cm³/mol. The molecule has 0 aliphatic carbocycles. The van der Waals surface area contributed by atoms with Gasteiger partial charge in [0.15, 0.2) is 28.9 Å². The van der Waals surface area contributed by atoms with Gasteiger partial charge in [0.05, 0.1) is 6.61 Å². The Hall–Kier alpha value is -1.85. The third kappa shape index (κ3) is 6.52. The van der Waals surface area contributed by atoms with Crippen LogP contribution in [0.4, 0.5) is 0 Å². The van der Waals surface area contributed by atoms with Crippen molar-refractivity contribution in [3.63, 3.8) is 0 Å². The Morgan fingerprint density at radius 3 is 1.92 bits per heavy atom. The van der Waals surface area contributed by atoms with Gasteiger partial charge in [0.2, 0.25) is 0 Å². The monoisotopic (exact) mass is 378 g/mol. The average Bonchev–Trinajstić information content (AvgIpc) is 2.45. The zero-order chi connectivity index (χ0) is 19.1. The first kappa shape index (κ1) is 21.2. The summed E-state index contributed by atoms with van der Waals surface area (Å²) in [5.74, 6) is -1.96. The standard InChI is InChI=1S/C14H22N2O8S/c1-6(17)21-10-9(5-20-4)24-13(25-14(15)16)12(23-8(3)19)11(10)22-7(2)18/h9-13H,5H2,1-4H3,(H3,15,16)/t9-,10-,11+,12+,13+/m1/s1. The molecule has 0 spiro atoms. The molecule has 0 bridgehead atoms. The van der Waals surface area contributed by atoms with Crippen LogP contribution in [-0.2, 0) is 38.1 Å². The van der Waals surface area contributed by atoms with Crippen LogP contribution in [-0.4, -0.2) is 66.6 Å². The quantitative estimate of drug-likeness (QED) is 0.275. The number of esters is 3. The van der Waals surface area contributed by atoms with Gasteiger partial charge in [-0.05, 0) is 0 Å². The van der Waals surface area contributed by atoms with Gasteiger partial charge in [0.1, 0.15) is 6.10 Å². The summed E-state index contributed by atoms with van der Waals surface area (Å²) in [4.78, 5) is 34.4. The lowest BCUT2D eigenvalue weighted by atomic mass is 9.99. The van der Waals surface area contributed by atoms with Crippen molar-refractivity contribution in [2.75, 3.05) is 13.7 Å². The molecule has 5 atom stereocenters. The largest absolute Gasteiger partial charge is 0.456 e. The molecule has 142 valence electrons. The maximum atomic E-state index is 11.5. The highest BCUT2D eigenvalue weighted by molar-refractivity contribution is 8.14. The number of amidine groups is 1. The van der Waals surface area contributed by atoms with Gasteiger partial charge in [-0.25, -0.2) is 0 Å². The van der Waals surface area contributed by atoms with Crippen molar-refractivity contribution in [1.29, 1.82) is 5.41 Å². The molecule has 11 heteroatoms. The highest BCUT2D eigenvalue weighted by Gasteiger charge is 2.52. The number of nitrogens with two attached hydrogens (primary N) is 1. The zero-order valence-electron chi connectivity index (χ0n) is 14.3. The van der Waals surface area contributed by atoms with Crippen LogP contribution < -0.4 is 5.73 Å². The fraction of sp³-hybridized carbons (Fsp3) is 0.714. The minimum atomic E-state index is -1.14. The van der Waals surface area contributed by atoms with Crippen LogP contribution >= 0.6 is 11.8 Å². The molecular formula is C14H22N2O8S. The van der Waals surface area contributed by atoms with E-state index in [1.165, 1.54) is 27.9 Å². The maximum Gasteiger partial charge on any atom is 0.303 e. The van der Waals surface area contributed by atoms with E-state index < -0.39 is 47.8 Å². The minimum Gasteiger partial charge on any atom is -0.456 e. The number of hydrogen-bond acceptors (Lipinski definition) is 10. The molecule has 0 amide bonds. The lowest BCUT2D eigenvalue weighted by Gasteiger charge is -2.44. The second-order valence-corrected chi connectivity index (χ2v) is 6.34. The lowest BCUT2D eigenvalue weighted by Crippen LogP contribution is -2.61. The van der Waals surface area contributed by atoms with Gasteiger partial charge >= 0.3 is 17.9 Å². The third-order valence-corrected chi connectivity index (χ3v) is 3.94. The van der Waals surface area contributed by atoms with Crippen molar-refractivity contribution in [2.24, 2.45) is 5.73 Å². The molecule has 1 saturated heterocycles. The predicted octanol–water partition coefficient (Wildman–Crippen LogP) is -0.221. The topological polar surface area (TPSA) is 147 Å². The number of nitrogens with one attached hydrogen (secondary N) is 1. The average molecular weight is 378 g/mol. The van der Waals surface area contributed by atoms with Crippen LogP contribution in [0.5, 0.6) is 0 Å². The molecule has 1 fully saturated rings. The van der Waals surface area contributed by atoms with Gasteiger partial charge in [-0.2, -0.15) is 0 Å². The first-order chi connectivity index (χ1) is 11.6. The van der Waals surface area contributed by atoms with E-state index in [2.05, 4.69) is 0 Å². The number of methoxy groups -OCH3 is 1. The first-order valence-electron chi connectivity index (χ1n) is 7.32. The molecule has 1 rings (SSSR count). The molecule has 0 aromatic carbocycles. The van der Waals surface area contributed by atoms with Gasteiger partial charge in [0, 0.05) is 27.9 Å². The van der Waals surface area contributed by atoms with Crippen LogP contribution in [0.2, 0.25) is 0 Å². The summed E-state index contributed by atoms with van der Waals surface area (Å²) in [7, 11) is 1.42. The molecule has 0 unspecified atom stereocenters. The van der Waals surface area contributed by atoms with Gasteiger partial charge in [0.25, 0.3) is 0 Å². The van der Waals surface area contributed by atoms with E-state index in [0.717, 1.165) is 11.8 Å². The number of ether oxygens (including phenoxy) is 5. The third-order valence-electron chi connectivity index (χ3n) is 3.07. The molecule has 0 aromatic rings. The lowest BCUT2D eigenvalue weighted by molar-refractivity contribution is -0.237. The Morgan fingerprint density at radius 1 is 1.00 bits per heavy atom. The molecule has 0 radical (unpaired) electrons. The van der Waals surface area contributed by atoms with Crippen molar-refractivity contribution < 1.29 is 38.1 Å². The van der Waals surface area contributed by atoms with Crippen molar-refractivity contribution in [3.05, 3.63) is 0 Å². The number of hydrogen-bond donors (Lipinski definition) is 2. The van der Waals surface area contributed by atoms with Crippen molar-refractivity contribution in [3.8, 4) is 0 Å². The Balaban J connectivity index is 3.25. The summed E-state index contributed by atoms with van der Waals surface area (Å²) < 4.78 is 26.5. The molecule has 3 N–H and O–H groups in total. The molecule has 0 aromatic heterocycles. The summed E-state index contributed by atoms with van der Waals surface area (Å²) in [5.41, 5.74) is 4.45. The summed E-state index contributed by atoms with van der Waals surface area (Å²) >= 11 is 0.781. The van der Waals surface area contributed by atoms with E-state index >= 15 is 0 Å². The molecule has 25 heavy (non-hydrogen) atoms. The smallest absolute Gasteiger partial charge is 0.303 e. The summed E-state index contributed by atoms with van der Waals surface area (Å²) in [6, 6.07) is 0. The van der Waals surface area contributed by atoms with Gasteiger partial charge in [-0.15, -0.1) is 0 Å². The Morgan fingerprint density at radius 2 is 1.48 bits per heavy atom. The number of thioether (sulfide) groups is 1. The summed E-state index contributed by atoms with van der Waals surface area (Å²) in [6.45, 7) is 3.54. The van der Waals surface area contributed by atoms with Crippen LogP contribution in [0.1, 0.15) is 20.8 Å². The number of carbonyl (C=O) groups excluding carboxylic acids is 3. The highest BCUT2D eigenvalue weighted by atomic mass is 32.2. The van der Waals surface area contributed by atoms with E-state index in [1.807, 2.05) is 0 Å². The SMILES string of the molecule is COC[C@H]1O[C@@H](SC(=N)N)[C@@H](OC(C)=O)[C@@H](OC(C)=O)[C@@H]1OC(C)=O. The normalized spacial score (nSPS) is 28.7. The Bertz CT molecular complexity index is 529. The van der Waals surface area contributed by atoms with E-state index in [1.54, 1.807) is 0 Å². The van der Waals surface area contributed by atoms with Crippen LogP contribution in [0, 0.1) is 5.41 Å². The number of rotatable bonds is 6. The molecular weight excluding hydrogens is 356 g/mol. The van der Waals surface area contributed by atoms with Crippen LogP contribution in [0.15, 0.2) is 0 Å². The first-order valence-corrected chi connectivity index (χ1v) is 8.20. The summed E-state index contributed by atoms with van der Waals surface area (Å²) in [6.07, 6.45) is -4.15. The van der Waals surface area contributed by atoms with E-state index in [0.29, 0.717) is 0 Å². The van der Waals surface area contributed by atoms with Gasteiger partial charge < -0.3 is 29.4 Å². The molecule has 1 aliphatic rings. The second-order valence-electron chi connectivity index (χ2n) is 5.20. The van der Waals surface area contributed by atoms with E-state index in [4.69, 9.17) is 34.8 Å². The van der Waals surface area contributed by atoms with Gasteiger partial charge in [-0.3, -0.25) is 19.8 Å². The van der Waals surface area contributed by atoms with Crippen molar-refractivity contribution >= 4 is 34.8 Å². The van der Waals surface area contributed by atoms with E-state index in [-0.39, 0.29) is 11.8 Å². The fourth-order valence-electron chi connectivity index (χ4n) is 2.37. The number of carbonyl (C=O) groups is 3. The maximum absolute atomic E-state index is 11.5. The molecule has 1 aliphatic heterocycles. The molecule has 10 nitrogen and oxygen atoms in total. The van der Waals surface area contributed by atoms with Crippen molar-refractivity contribution in [1.82, 2.24) is 0 Å². The second kappa shape index (κ2) is 9.59. The molecule has 1 heterocycles. The zero-order valence-corrected chi connectivity index (χ0v) is 15.2. The fourth-order valence-corrected chi connectivity index (χ4v) is 3.17. The summed E-state index contributed by atoms with van der Waals surface area (Å²) in [5, 5.41) is 7.15. The van der Waals surface area contributed by atoms with E-state index in [9.17, 15) is 14.4 Å².